The van der Waals surface area contributed by atoms with Crippen LogP contribution in [0.4, 0.5) is 5.82 Å². The van der Waals surface area contributed by atoms with Crippen molar-refractivity contribution >= 4 is 81.3 Å². The van der Waals surface area contributed by atoms with Gasteiger partial charge in [0.1, 0.15) is 77.6 Å². The normalized spacial score (nSPS) is 21.1. The smallest absolute Gasteiger partial charge is 0.262 e. The van der Waals surface area contributed by atoms with E-state index in [2.05, 4.69) is 103 Å². The number of halogens is 1. The average Bonchev–Trinajstić information content (AvgIpc) is 1.64. The van der Waals surface area contributed by atoms with Crippen molar-refractivity contribution in [3.63, 3.8) is 0 Å². The Morgan fingerprint density at radius 2 is 1.07 bits per heavy atom. The first-order valence-corrected chi connectivity index (χ1v) is 38.4. The third kappa shape index (κ3) is 18.1. The van der Waals surface area contributed by atoms with Crippen LogP contribution in [0.2, 0.25) is 5.15 Å². The third-order valence-electron chi connectivity index (χ3n) is 21.0. The Balaban J connectivity index is 0.000000156. The van der Waals surface area contributed by atoms with Gasteiger partial charge in [-0.05, 0) is 127 Å². The predicted molar refractivity (Wildman–Crippen MR) is 408 cm³/mol. The average molecular weight is 1540 g/mol. The number of aromatic amines is 1. The number of H-pyrrole nitrogens is 1. The molecule has 0 bridgehead atoms. The first-order valence-electron chi connectivity index (χ1n) is 38.0. The number of ether oxygens (including phenoxy) is 6. The third-order valence-corrected chi connectivity index (χ3v) is 21.2. The molecular formula is C79H92ClN17O14. The van der Waals surface area contributed by atoms with E-state index >= 15 is 0 Å². The highest BCUT2D eigenvalue weighted by atomic mass is 35.5. The van der Waals surface area contributed by atoms with E-state index in [9.17, 15) is 38.4 Å². The monoisotopic (exact) mass is 1540 g/mol. The van der Waals surface area contributed by atoms with Gasteiger partial charge in [-0.25, -0.2) is 19.9 Å². The number of rotatable bonds is 25. The summed E-state index contributed by atoms with van der Waals surface area (Å²) in [5.41, 5.74) is 7.16. The standard InChI is InChI=1S/C40H46N8O7.C25H33N5O6.C14H13ClN4O/c1-24(2)55-28-5-4-26-19-41-37(31(26)17-28)33-18-35(43-23-42-33)47-13-12-46(25(3)20-47)11-10-45-21-29(22-45)54-15-14-53-27-6-7-30-32(16-27)40(52)48(39(30)51)34-8-9-36(49)44-38(34)50;1-16-13-26-6-7-29(16)9-8-28-14-18(15-28)36-11-10-35-17-2-3-19-20(12-17)25(34)30(24(19)33)21-4-5-22(31)27-23(21)32;1-8(2)20-9-3-4-11-10(5-9)14(19-18-11)12-6-13(15)17-7-16-12/h4-7,16-18,23-25,29,34H,8-15,19-22H2,1-3H3,(H,44,49,50);2-3,12,16,18,21,26H,4-11,13-15H2,1H3,(H,27,31,32);3-8H,1-2H3,(H,18,19)/t25-,34?;16-,21?;/m00./s1. The number of imide groups is 4. The van der Waals surface area contributed by atoms with Gasteiger partial charge in [0.25, 0.3) is 23.6 Å². The number of piperidine rings is 2. The minimum Gasteiger partial charge on any atom is -0.491 e. The van der Waals surface area contributed by atoms with Crippen LogP contribution < -0.4 is 39.8 Å². The Hall–Kier alpha value is -10.3. The van der Waals surface area contributed by atoms with Gasteiger partial charge < -0.3 is 38.6 Å². The number of aromatic nitrogens is 6. The maximum atomic E-state index is 13.1. The van der Waals surface area contributed by atoms with Crippen molar-refractivity contribution < 1.29 is 66.8 Å². The molecule has 111 heavy (non-hydrogen) atoms. The summed E-state index contributed by atoms with van der Waals surface area (Å²) in [5, 5.41) is 16.4. The van der Waals surface area contributed by atoms with Gasteiger partial charge in [-0.3, -0.25) is 88.5 Å². The number of fused-ring (bicyclic) bond motifs is 4. The molecule has 4 atom stereocenters. The summed E-state index contributed by atoms with van der Waals surface area (Å²) in [6.45, 7) is 28.2. The number of amides is 8. The Kier molecular flexibility index (Phi) is 24.1. The van der Waals surface area contributed by atoms with Crippen LogP contribution in [0.5, 0.6) is 23.0 Å². The molecule has 3 aromatic heterocycles. The van der Waals surface area contributed by atoms with Crippen molar-refractivity contribution in [1.29, 1.82) is 0 Å². The molecule has 9 aliphatic rings. The number of hydrogen-bond donors (Lipinski definition) is 4. The van der Waals surface area contributed by atoms with Crippen LogP contribution in [-0.2, 0) is 35.2 Å². The fourth-order valence-corrected chi connectivity index (χ4v) is 15.3. The minimum absolute atomic E-state index is 0.0747. The summed E-state index contributed by atoms with van der Waals surface area (Å²) in [5.74, 6) is -0.768. The lowest BCUT2D eigenvalue weighted by atomic mass is 10.0. The summed E-state index contributed by atoms with van der Waals surface area (Å²) in [7, 11) is 0. The summed E-state index contributed by atoms with van der Waals surface area (Å²) in [6, 6.07) is 24.1. The van der Waals surface area contributed by atoms with E-state index in [1.54, 1.807) is 36.7 Å². The summed E-state index contributed by atoms with van der Waals surface area (Å²) in [4.78, 5) is 135. The lowest BCUT2D eigenvalue weighted by Gasteiger charge is -2.43. The van der Waals surface area contributed by atoms with Crippen molar-refractivity contribution in [2.75, 3.05) is 123 Å². The highest BCUT2D eigenvalue weighted by Crippen LogP contribution is 2.35. The second kappa shape index (κ2) is 34.6. The number of piperazine rings is 2. The number of aliphatic imine (C=N–C) groups is 1. The number of nitrogens with one attached hydrogen (secondary N) is 4. The highest BCUT2D eigenvalue weighted by Gasteiger charge is 2.47. The molecule has 9 aliphatic heterocycles. The number of nitrogens with zero attached hydrogens (tertiary/aromatic N) is 13. The second-order valence-electron chi connectivity index (χ2n) is 29.5. The van der Waals surface area contributed by atoms with E-state index in [0.717, 1.165) is 152 Å². The molecule has 6 fully saturated rings. The second-order valence-corrected chi connectivity index (χ2v) is 29.9. The van der Waals surface area contributed by atoms with Crippen molar-refractivity contribution in [3.8, 4) is 34.4 Å². The van der Waals surface area contributed by atoms with E-state index in [1.165, 1.54) is 24.0 Å². The van der Waals surface area contributed by atoms with Gasteiger partial charge in [-0.2, -0.15) is 5.10 Å². The number of anilines is 1. The predicted octanol–water partition coefficient (Wildman–Crippen LogP) is 5.23. The molecule has 584 valence electrons. The molecule has 0 spiro atoms. The zero-order chi connectivity index (χ0) is 77.6. The van der Waals surface area contributed by atoms with Crippen LogP contribution in [0.1, 0.15) is 125 Å². The molecule has 31 nitrogen and oxygen atoms in total. The van der Waals surface area contributed by atoms with Crippen LogP contribution in [0.15, 0.2) is 103 Å². The Morgan fingerprint density at radius 3 is 1.64 bits per heavy atom. The van der Waals surface area contributed by atoms with E-state index in [1.807, 2.05) is 52.0 Å². The number of hydrogen-bond acceptors (Lipinski definition) is 26. The molecular weight excluding hydrogens is 1450 g/mol. The molecule has 16 rings (SSSR count). The van der Waals surface area contributed by atoms with Gasteiger partial charge in [0.15, 0.2) is 0 Å². The minimum atomic E-state index is -1.000. The van der Waals surface area contributed by atoms with E-state index in [-0.39, 0.29) is 72.4 Å². The molecule has 0 saturated carbocycles. The first kappa shape index (κ1) is 77.5. The molecule has 2 unspecified atom stereocenters. The van der Waals surface area contributed by atoms with Gasteiger partial charge in [-0.15, -0.1) is 0 Å². The fourth-order valence-electron chi connectivity index (χ4n) is 15.1. The van der Waals surface area contributed by atoms with Gasteiger partial charge in [0.2, 0.25) is 23.6 Å². The summed E-state index contributed by atoms with van der Waals surface area (Å²) < 4.78 is 35.2. The number of carbonyl (C=O) groups excluding carboxylic acids is 8. The zero-order valence-electron chi connectivity index (χ0n) is 63.0. The first-order chi connectivity index (χ1) is 53.6. The number of benzene rings is 4. The molecule has 4 N–H and O–H groups in total. The van der Waals surface area contributed by atoms with E-state index in [0.29, 0.717) is 67.4 Å². The quantitative estimate of drug-likeness (QED) is 0.0323. The zero-order valence-corrected chi connectivity index (χ0v) is 63.8. The lowest BCUT2D eigenvalue weighted by molar-refractivity contribution is -0.137. The maximum Gasteiger partial charge on any atom is 0.262 e. The van der Waals surface area contributed by atoms with Crippen LogP contribution in [0.3, 0.4) is 0 Å². The van der Waals surface area contributed by atoms with Gasteiger partial charge in [0, 0.05) is 140 Å². The molecule has 4 aromatic carbocycles. The highest BCUT2D eigenvalue weighted by molar-refractivity contribution is 6.29. The van der Waals surface area contributed by atoms with Crippen molar-refractivity contribution in [2.24, 2.45) is 4.99 Å². The molecule has 0 aliphatic carbocycles. The van der Waals surface area contributed by atoms with Crippen LogP contribution >= 0.6 is 11.6 Å². The van der Waals surface area contributed by atoms with Crippen LogP contribution in [0, 0.1) is 0 Å². The van der Waals surface area contributed by atoms with Crippen molar-refractivity contribution in [3.05, 3.63) is 142 Å². The molecule has 12 heterocycles. The molecule has 6 saturated heterocycles. The van der Waals surface area contributed by atoms with Crippen LogP contribution in [-0.4, -0.2) is 279 Å². The largest absolute Gasteiger partial charge is 0.491 e. The Bertz CT molecular complexity index is 4700. The Labute approximate surface area is 647 Å². The Morgan fingerprint density at radius 1 is 0.532 bits per heavy atom. The molecule has 32 heteroatoms. The molecule has 7 aromatic rings. The van der Waals surface area contributed by atoms with Gasteiger partial charge in [-0.1, -0.05) is 17.7 Å². The molecule has 0 radical (unpaired) electrons. The SMILES string of the molecule is CC(C)Oc1ccc2[nH]nc(-c3cc(Cl)ncn3)c2c1.CC(C)Oc1ccc2c(c1)C(c1cc(N3CCN(CCN4CC(OCCOc5ccc6c(c5)C(=O)N(C5CCC(=O)NC5=O)C6=O)C4)[C@@H](C)C3)ncn1)=NC2.C[C@H]1CNCCN1CCN1CC(OCCOc2ccc3c(c2)C(=O)N(C2CCC(=O)NC2=O)C3=O)C1. The van der Waals surface area contributed by atoms with Gasteiger partial charge >= 0.3 is 0 Å². The van der Waals surface area contributed by atoms with Crippen molar-refractivity contribution in [1.82, 2.24) is 75.5 Å². The lowest BCUT2D eigenvalue weighted by Crippen LogP contribution is -2.57. The molecule has 8 amide bonds. The summed E-state index contributed by atoms with van der Waals surface area (Å²) in [6.07, 6.45) is 4.03. The van der Waals surface area contributed by atoms with Gasteiger partial charge in [0.05, 0.1) is 89.0 Å². The van der Waals surface area contributed by atoms with Crippen molar-refractivity contribution in [2.45, 2.75) is 122 Å². The maximum absolute atomic E-state index is 13.1. The fraction of sp³-hybridized carbons (Fsp3) is 0.468. The topological polar surface area (TPSA) is 343 Å². The van der Waals surface area contributed by atoms with E-state index in [4.69, 9.17) is 45.0 Å². The number of carbonyl (C=O) groups is 8. The van der Waals surface area contributed by atoms with Crippen LogP contribution in [0.25, 0.3) is 22.3 Å². The number of likely N-dealkylation sites (tertiary alicyclic amines) is 2. The van der Waals surface area contributed by atoms with E-state index < -0.39 is 59.3 Å². The summed E-state index contributed by atoms with van der Waals surface area (Å²) >= 11 is 5.90.